The second kappa shape index (κ2) is 9.85. The van der Waals surface area contributed by atoms with Gasteiger partial charge in [0.1, 0.15) is 23.4 Å². The van der Waals surface area contributed by atoms with E-state index in [2.05, 4.69) is 10.3 Å². The van der Waals surface area contributed by atoms with Crippen LogP contribution < -0.4 is 10.1 Å². The maximum Gasteiger partial charge on any atom is 0.253 e. The van der Waals surface area contributed by atoms with Crippen molar-refractivity contribution >= 4 is 11.8 Å². The number of nitrogens with one attached hydrogen (secondary N) is 1. The van der Waals surface area contributed by atoms with E-state index < -0.39 is 6.04 Å². The van der Waals surface area contributed by atoms with E-state index in [1.807, 2.05) is 42.1 Å². The van der Waals surface area contributed by atoms with E-state index in [-0.39, 0.29) is 23.5 Å². The zero-order valence-corrected chi connectivity index (χ0v) is 18.7. The summed E-state index contributed by atoms with van der Waals surface area (Å²) >= 11 is 0. The Bertz CT molecular complexity index is 1130. The van der Waals surface area contributed by atoms with Gasteiger partial charge in [0, 0.05) is 38.1 Å². The van der Waals surface area contributed by atoms with Crippen LogP contribution in [0.1, 0.15) is 40.6 Å². The van der Waals surface area contributed by atoms with Gasteiger partial charge in [-0.1, -0.05) is 12.1 Å². The first-order chi connectivity index (χ1) is 16.0. The number of nitrogens with zero attached hydrogens (tertiary/aromatic N) is 3. The highest BCUT2D eigenvalue weighted by atomic mass is 19.1. The molecule has 0 saturated carbocycles. The summed E-state index contributed by atoms with van der Waals surface area (Å²) in [6, 6.07) is 12.6. The molecular formula is C25H27FN4O3. The molecule has 33 heavy (non-hydrogen) atoms. The van der Waals surface area contributed by atoms with Crippen molar-refractivity contribution < 1.29 is 18.7 Å². The Labute approximate surface area is 192 Å². The van der Waals surface area contributed by atoms with E-state index in [4.69, 9.17) is 4.74 Å². The van der Waals surface area contributed by atoms with E-state index in [9.17, 15) is 14.0 Å². The van der Waals surface area contributed by atoms with Crippen LogP contribution in [0.5, 0.6) is 5.75 Å². The van der Waals surface area contributed by atoms with Gasteiger partial charge >= 0.3 is 0 Å². The van der Waals surface area contributed by atoms with Crippen LogP contribution in [0.3, 0.4) is 0 Å². The van der Waals surface area contributed by atoms with Crippen molar-refractivity contribution in [1.82, 2.24) is 19.8 Å². The molecule has 1 aliphatic rings. The smallest absolute Gasteiger partial charge is 0.253 e. The van der Waals surface area contributed by atoms with Gasteiger partial charge < -0.3 is 19.5 Å². The van der Waals surface area contributed by atoms with Gasteiger partial charge in [-0.15, -0.1) is 0 Å². The van der Waals surface area contributed by atoms with Gasteiger partial charge in [0.25, 0.3) is 5.91 Å². The monoisotopic (exact) mass is 450 g/mol. The van der Waals surface area contributed by atoms with Crippen LogP contribution >= 0.6 is 0 Å². The lowest BCUT2D eigenvalue weighted by Crippen LogP contribution is -2.46. The normalized spacial score (nSPS) is 16.8. The molecule has 2 unspecified atom stereocenters. The molecular weight excluding hydrogens is 423 g/mol. The van der Waals surface area contributed by atoms with E-state index in [1.165, 1.54) is 24.3 Å². The van der Waals surface area contributed by atoms with Crippen LogP contribution in [-0.2, 0) is 11.8 Å². The van der Waals surface area contributed by atoms with Crippen molar-refractivity contribution in [2.45, 2.75) is 18.9 Å². The molecule has 1 N–H and O–H groups in total. The van der Waals surface area contributed by atoms with Gasteiger partial charge in [0.15, 0.2) is 0 Å². The van der Waals surface area contributed by atoms with Gasteiger partial charge in [-0.05, 0) is 54.8 Å². The molecule has 7 nitrogen and oxygen atoms in total. The molecule has 1 aromatic heterocycles. The third-order valence-corrected chi connectivity index (χ3v) is 6.00. The number of imidazole rings is 1. The first-order valence-corrected chi connectivity index (χ1v) is 10.9. The van der Waals surface area contributed by atoms with Crippen LogP contribution in [0.2, 0.25) is 0 Å². The summed E-state index contributed by atoms with van der Waals surface area (Å²) in [5, 5.41) is 3.14. The van der Waals surface area contributed by atoms with Gasteiger partial charge in [-0.3, -0.25) is 9.59 Å². The van der Waals surface area contributed by atoms with Crippen molar-refractivity contribution in [2.24, 2.45) is 13.0 Å². The molecule has 4 rings (SSSR count). The molecule has 1 saturated heterocycles. The third-order valence-electron chi connectivity index (χ3n) is 6.00. The zero-order chi connectivity index (χ0) is 23.4. The number of hydrogen-bond acceptors (Lipinski definition) is 4. The molecule has 8 heteroatoms. The summed E-state index contributed by atoms with van der Waals surface area (Å²) in [6.45, 7) is 0.881. The topological polar surface area (TPSA) is 76.5 Å². The van der Waals surface area contributed by atoms with Crippen LogP contribution in [-0.4, -0.2) is 46.5 Å². The van der Waals surface area contributed by atoms with Gasteiger partial charge in [-0.2, -0.15) is 0 Å². The molecule has 3 aromatic rings. The maximum absolute atomic E-state index is 13.3. The fourth-order valence-corrected chi connectivity index (χ4v) is 4.18. The second-order valence-electron chi connectivity index (χ2n) is 8.21. The minimum atomic E-state index is -0.462. The highest BCUT2D eigenvalue weighted by Gasteiger charge is 2.31. The highest BCUT2D eigenvalue weighted by Crippen LogP contribution is 2.26. The number of methoxy groups -OCH3 is 1. The first-order valence-electron chi connectivity index (χ1n) is 10.9. The zero-order valence-electron chi connectivity index (χ0n) is 18.7. The van der Waals surface area contributed by atoms with E-state index in [1.54, 1.807) is 18.2 Å². The number of likely N-dealkylation sites (tertiary alicyclic amines) is 1. The number of benzene rings is 2. The number of amides is 2. The molecule has 172 valence electrons. The van der Waals surface area contributed by atoms with Crippen LogP contribution in [0.15, 0.2) is 60.9 Å². The predicted molar refractivity (Wildman–Crippen MR) is 121 cm³/mol. The van der Waals surface area contributed by atoms with Gasteiger partial charge in [0.05, 0.1) is 13.0 Å². The largest absolute Gasteiger partial charge is 0.497 e. The molecule has 2 atom stereocenters. The summed E-state index contributed by atoms with van der Waals surface area (Å²) in [6.07, 6.45) is 4.93. The molecule has 0 bridgehead atoms. The number of ether oxygens (including phenoxy) is 1. The summed E-state index contributed by atoms with van der Waals surface area (Å²) in [5.74, 6) is 0.321. The minimum Gasteiger partial charge on any atom is -0.497 e. The van der Waals surface area contributed by atoms with Crippen molar-refractivity contribution in [3.63, 3.8) is 0 Å². The number of hydrogen-bond donors (Lipinski definition) is 1. The molecule has 2 aromatic carbocycles. The first kappa shape index (κ1) is 22.5. The maximum atomic E-state index is 13.3. The molecule has 2 amide bonds. The third kappa shape index (κ3) is 5.05. The van der Waals surface area contributed by atoms with E-state index in [0.29, 0.717) is 36.6 Å². The van der Waals surface area contributed by atoms with Crippen molar-refractivity contribution in [1.29, 1.82) is 0 Å². The molecule has 0 spiro atoms. The average molecular weight is 451 g/mol. The van der Waals surface area contributed by atoms with E-state index >= 15 is 0 Å². The average Bonchev–Trinajstić information content (AvgIpc) is 3.28. The summed E-state index contributed by atoms with van der Waals surface area (Å²) in [4.78, 5) is 32.3. The highest BCUT2D eigenvalue weighted by molar-refractivity contribution is 5.94. The molecule has 1 aliphatic heterocycles. The summed E-state index contributed by atoms with van der Waals surface area (Å²) in [7, 11) is 3.48. The van der Waals surface area contributed by atoms with Crippen LogP contribution in [0.25, 0.3) is 0 Å². The lowest BCUT2D eigenvalue weighted by Gasteiger charge is -2.33. The quantitative estimate of drug-likeness (QED) is 0.625. The molecule has 1 fully saturated rings. The number of aromatic nitrogens is 2. The number of rotatable bonds is 6. The number of piperidine rings is 1. The Hall–Kier alpha value is -3.68. The Morgan fingerprint density at radius 3 is 2.70 bits per heavy atom. The lowest BCUT2D eigenvalue weighted by atomic mass is 9.95. The second-order valence-corrected chi connectivity index (χ2v) is 8.21. The Morgan fingerprint density at radius 1 is 1.21 bits per heavy atom. The number of halogens is 1. The number of carbonyl (C=O) groups excluding carboxylic acids is 2. The van der Waals surface area contributed by atoms with Crippen LogP contribution in [0.4, 0.5) is 4.39 Å². The molecule has 2 heterocycles. The summed E-state index contributed by atoms with van der Waals surface area (Å²) < 4.78 is 20.4. The standard InChI is InChI=1S/C25H27FN4O3/c1-29-14-12-27-23(29)22(18-5-3-7-21(15-18)33-2)28-24(31)19-6-4-13-30(16-19)25(32)17-8-10-20(26)11-9-17/h3,5,7-12,14-15,19,22H,4,6,13,16H2,1-2H3,(H,28,31). The van der Waals surface area contributed by atoms with Crippen molar-refractivity contribution in [3.05, 3.63) is 83.7 Å². The number of carbonyl (C=O) groups is 2. The lowest BCUT2D eigenvalue weighted by molar-refractivity contribution is -0.126. The predicted octanol–water partition coefficient (Wildman–Crippen LogP) is 3.33. The van der Waals surface area contributed by atoms with Crippen molar-refractivity contribution in [3.8, 4) is 5.75 Å². The fourth-order valence-electron chi connectivity index (χ4n) is 4.18. The van der Waals surface area contributed by atoms with Gasteiger partial charge in [0.2, 0.25) is 5.91 Å². The minimum absolute atomic E-state index is 0.137. The SMILES string of the molecule is COc1cccc(C(NC(=O)C2CCCN(C(=O)c3ccc(F)cc3)C2)c2nccn2C)c1. The Kier molecular flexibility index (Phi) is 6.72. The molecule has 0 aliphatic carbocycles. The summed E-state index contributed by atoms with van der Waals surface area (Å²) in [5.41, 5.74) is 1.27. The van der Waals surface area contributed by atoms with Gasteiger partial charge in [-0.25, -0.2) is 9.37 Å². The fraction of sp³-hybridized carbons (Fsp3) is 0.320. The number of aryl methyl sites for hydroxylation is 1. The molecule has 0 radical (unpaired) electrons. The van der Waals surface area contributed by atoms with Crippen LogP contribution in [0, 0.1) is 11.7 Å². The van der Waals surface area contributed by atoms with E-state index in [0.717, 1.165) is 12.0 Å². The Balaban J connectivity index is 1.52. The van der Waals surface area contributed by atoms with Crippen molar-refractivity contribution in [2.75, 3.05) is 20.2 Å². The Morgan fingerprint density at radius 2 is 2.00 bits per heavy atom.